The van der Waals surface area contributed by atoms with Crippen LogP contribution in [0, 0.1) is 0 Å². The van der Waals surface area contributed by atoms with E-state index in [1.165, 1.54) is 14.2 Å². The predicted octanol–water partition coefficient (Wildman–Crippen LogP) is 2.27. The van der Waals surface area contributed by atoms with Crippen molar-refractivity contribution in [1.29, 1.82) is 0 Å². The molecule has 3 rings (SSSR count). The quantitative estimate of drug-likeness (QED) is 0.884. The number of ether oxygens (including phenoxy) is 2. The Kier molecular flexibility index (Phi) is 4.44. The molecule has 0 fully saturated rings. The number of aliphatic hydroxyl groups is 1. The van der Waals surface area contributed by atoms with E-state index in [2.05, 4.69) is 5.32 Å². The second-order valence-corrected chi connectivity index (χ2v) is 5.91. The summed E-state index contributed by atoms with van der Waals surface area (Å²) in [7, 11) is 3.01. The summed E-state index contributed by atoms with van der Waals surface area (Å²) < 4.78 is 10.5. The summed E-state index contributed by atoms with van der Waals surface area (Å²) in [5, 5.41) is 13.7. The molecular formula is C19H21NO4. The van der Waals surface area contributed by atoms with Gasteiger partial charge in [0.15, 0.2) is 0 Å². The van der Waals surface area contributed by atoms with Crippen LogP contribution in [0.25, 0.3) is 0 Å². The average molecular weight is 327 g/mol. The fraction of sp³-hybridized carbons (Fsp3) is 0.316. The minimum Gasteiger partial charge on any atom is -0.496 e. The van der Waals surface area contributed by atoms with Gasteiger partial charge in [-0.25, -0.2) is 0 Å². The van der Waals surface area contributed by atoms with Crippen molar-refractivity contribution in [2.45, 2.75) is 18.4 Å². The number of carbonyl (C=O) groups is 1. The number of fused-ring (bicyclic) bond motifs is 1. The molecule has 0 bridgehead atoms. The lowest BCUT2D eigenvalue weighted by atomic mass is 9.96. The number of aryl methyl sites for hydroxylation is 1. The molecule has 0 aliphatic heterocycles. The van der Waals surface area contributed by atoms with Crippen LogP contribution in [0.15, 0.2) is 42.5 Å². The summed E-state index contributed by atoms with van der Waals surface area (Å²) in [6.07, 6.45) is 1.40. The Balaban J connectivity index is 1.80. The molecule has 0 saturated carbocycles. The third-order valence-electron chi connectivity index (χ3n) is 4.52. The van der Waals surface area contributed by atoms with Crippen LogP contribution in [-0.4, -0.2) is 31.8 Å². The van der Waals surface area contributed by atoms with Gasteiger partial charge in [0.25, 0.3) is 5.91 Å². The second-order valence-electron chi connectivity index (χ2n) is 5.91. The minimum absolute atomic E-state index is 0.143. The molecule has 0 saturated heterocycles. The topological polar surface area (TPSA) is 67.8 Å². The van der Waals surface area contributed by atoms with Gasteiger partial charge >= 0.3 is 0 Å². The number of nitrogens with one attached hydrogen (secondary N) is 1. The Morgan fingerprint density at radius 2 is 1.79 bits per heavy atom. The highest BCUT2D eigenvalue weighted by molar-refractivity contribution is 5.99. The van der Waals surface area contributed by atoms with Crippen molar-refractivity contribution >= 4 is 5.91 Å². The first kappa shape index (κ1) is 16.3. The van der Waals surface area contributed by atoms with Crippen molar-refractivity contribution < 1.29 is 19.4 Å². The van der Waals surface area contributed by atoms with Crippen molar-refractivity contribution in [3.63, 3.8) is 0 Å². The van der Waals surface area contributed by atoms with Crippen molar-refractivity contribution in [2.75, 3.05) is 20.8 Å². The number of methoxy groups -OCH3 is 2. The van der Waals surface area contributed by atoms with Crippen LogP contribution in [-0.2, 0) is 12.0 Å². The van der Waals surface area contributed by atoms with Crippen molar-refractivity contribution in [3.8, 4) is 11.5 Å². The van der Waals surface area contributed by atoms with E-state index in [0.29, 0.717) is 23.5 Å². The third kappa shape index (κ3) is 2.83. The molecule has 0 heterocycles. The molecule has 5 heteroatoms. The zero-order chi connectivity index (χ0) is 17.2. The summed E-state index contributed by atoms with van der Waals surface area (Å²) in [6.45, 7) is 0.143. The maximum Gasteiger partial charge on any atom is 0.258 e. The molecule has 2 aromatic carbocycles. The summed E-state index contributed by atoms with van der Waals surface area (Å²) in [5.74, 6) is 0.540. The monoisotopic (exact) mass is 327 g/mol. The number of hydrogen-bond donors (Lipinski definition) is 2. The number of carbonyl (C=O) groups excluding carboxylic acids is 1. The van der Waals surface area contributed by atoms with E-state index in [0.717, 1.165) is 17.5 Å². The van der Waals surface area contributed by atoms with E-state index in [-0.39, 0.29) is 12.5 Å². The van der Waals surface area contributed by atoms with Crippen molar-refractivity contribution in [1.82, 2.24) is 5.32 Å². The second kappa shape index (κ2) is 6.53. The predicted molar refractivity (Wildman–Crippen MR) is 90.5 cm³/mol. The van der Waals surface area contributed by atoms with Gasteiger partial charge in [0, 0.05) is 0 Å². The van der Waals surface area contributed by atoms with Gasteiger partial charge < -0.3 is 19.9 Å². The Labute approximate surface area is 141 Å². The van der Waals surface area contributed by atoms with E-state index in [9.17, 15) is 9.90 Å². The number of amides is 1. The van der Waals surface area contributed by atoms with Gasteiger partial charge in [-0.2, -0.15) is 0 Å². The third-order valence-corrected chi connectivity index (χ3v) is 4.52. The fourth-order valence-corrected chi connectivity index (χ4v) is 3.24. The zero-order valence-electron chi connectivity index (χ0n) is 13.8. The first-order chi connectivity index (χ1) is 11.6. The number of benzene rings is 2. The van der Waals surface area contributed by atoms with Crippen LogP contribution < -0.4 is 14.8 Å². The summed E-state index contributed by atoms with van der Waals surface area (Å²) in [5.41, 5.74) is 1.31. The van der Waals surface area contributed by atoms with E-state index >= 15 is 0 Å². The van der Waals surface area contributed by atoms with E-state index < -0.39 is 5.60 Å². The standard InChI is InChI=1S/C19H21NO4/c1-23-15-8-5-9-16(24-2)17(15)18(21)20-12-19(22)11-10-13-6-3-4-7-14(13)19/h3-9,22H,10-12H2,1-2H3,(H,20,21). The number of rotatable bonds is 5. The largest absolute Gasteiger partial charge is 0.496 e. The van der Waals surface area contributed by atoms with Crippen molar-refractivity contribution in [2.24, 2.45) is 0 Å². The normalized spacial score (nSPS) is 18.8. The molecule has 1 amide bonds. The van der Waals surface area contributed by atoms with Crippen LogP contribution in [0.4, 0.5) is 0 Å². The molecule has 2 N–H and O–H groups in total. The van der Waals surface area contributed by atoms with Gasteiger partial charge in [-0.05, 0) is 36.1 Å². The lowest BCUT2D eigenvalue weighted by molar-refractivity contribution is 0.0368. The first-order valence-corrected chi connectivity index (χ1v) is 7.89. The smallest absolute Gasteiger partial charge is 0.258 e. The van der Waals surface area contributed by atoms with E-state index in [1.54, 1.807) is 18.2 Å². The highest BCUT2D eigenvalue weighted by Gasteiger charge is 2.37. The Morgan fingerprint density at radius 3 is 2.46 bits per heavy atom. The van der Waals surface area contributed by atoms with Gasteiger partial charge in [-0.15, -0.1) is 0 Å². The maximum absolute atomic E-state index is 12.6. The molecule has 1 atom stereocenters. The van der Waals surface area contributed by atoms with E-state index in [1.807, 2.05) is 24.3 Å². The molecule has 24 heavy (non-hydrogen) atoms. The van der Waals surface area contributed by atoms with Crippen LogP contribution in [0.3, 0.4) is 0 Å². The lowest BCUT2D eigenvalue weighted by Crippen LogP contribution is -2.39. The zero-order valence-corrected chi connectivity index (χ0v) is 13.8. The van der Waals surface area contributed by atoms with Gasteiger partial charge in [-0.3, -0.25) is 4.79 Å². The summed E-state index contributed by atoms with van der Waals surface area (Å²) >= 11 is 0. The molecule has 1 unspecified atom stereocenters. The minimum atomic E-state index is -1.04. The molecule has 0 aromatic heterocycles. The van der Waals surface area contributed by atoms with Gasteiger partial charge in [0.05, 0.1) is 20.8 Å². The molecule has 0 spiro atoms. The summed E-state index contributed by atoms with van der Waals surface area (Å²) in [6, 6.07) is 13.0. The van der Waals surface area contributed by atoms with Crippen LogP contribution in [0.1, 0.15) is 27.9 Å². The molecule has 126 valence electrons. The van der Waals surface area contributed by atoms with Gasteiger partial charge in [0.1, 0.15) is 22.7 Å². The Bertz CT molecular complexity index is 737. The first-order valence-electron chi connectivity index (χ1n) is 7.89. The summed E-state index contributed by atoms with van der Waals surface area (Å²) in [4.78, 5) is 12.6. The molecule has 0 radical (unpaired) electrons. The maximum atomic E-state index is 12.6. The average Bonchev–Trinajstić information content (AvgIpc) is 2.96. The molecule has 1 aliphatic carbocycles. The molecule has 1 aliphatic rings. The van der Waals surface area contributed by atoms with Crippen molar-refractivity contribution in [3.05, 3.63) is 59.2 Å². The number of hydrogen-bond acceptors (Lipinski definition) is 4. The van der Waals surface area contributed by atoms with Gasteiger partial charge in [-0.1, -0.05) is 30.3 Å². The highest BCUT2D eigenvalue weighted by Crippen LogP contribution is 2.36. The lowest BCUT2D eigenvalue weighted by Gasteiger charge is -2.25. The molecule has 5 nitrogen and oxygen atoms in total. The van der Waals surface area contributed by atoms with E-state index in [4.69, 9.17) is 9.47 Å². The van der Waals surface area contributed by atoms with Crippen LogP contribution in [0.5, 0.6) is 11.5 Å². The Morgan fingerprint density at radius 1 is 1.12 bits per heavy atom. The highest BCUT2D eigenvalue weighted by atomic mass is 16.5. The molecule has 2 aromatic rings. The molecular weight excluding hydrogens is 306 g/mol. The Hall–Kier alpha value is -2.53. The SMILES string of the molecule is COc1cccc(OC)c1C(=O)NCC1(O)CCc2ccccc21. The van der Waals surface area contributed by atoms with Gasteiger partial charge in [0.2, 0.25) is 0 Å². The van der Waals surface area contributed by atoms with Crippen LogP contribution >= 0.6 is 0 Å². The fourth-order valence-electron chi connectivity index (χ4n) is 3.24. The van der Waals surface area contributed by atoms with Crippen LogP contribution in [0.2, 0.25) is 0 Å².